The third-order valence-corrected chi connectivity index (χ3v) is 4.04. The molecular weight excluding hydrogens is 324 g/mol. The predicted molar refractivity (Wildman–Crippen MR) is 78.2 cm³/mol. The van der Waals surface area contributed by atoms with Gasteiger partial charge in [0, 0.05) is 24.1 Å². The van der Waals surface area contributed by atoms with Crippen LogP contribution in [0.4, 0.5) is 4.79 Å². The van der Waals surface area contributed by atoms with Crippen LogP contribution in [0.2, 0.25) is 0 Å². The van der Waals surface area contributed by atoms with Gasteiger partial charge in [0.1, 0.15) is 0 Å². The molecule has 0 radical (unpaired) electrons. The second-order valence-electron chi connectivity index (χ2n) is 5.12. The van der Waals surface area contributed by atoms with Gasteiger partial charge >= 0.3 is 12.0 Å². The van der Waals surface area contributed by atoms with Gasteiger partial charge in [0.25, 0.3) is 0 Å². The van der Waals surface area contributed by atoms with Crippen LogP contribution >= 0.6 is 15.9 Å². The van der Waals surface area contributed by atoms with Crippen molar-refractivity contribution in [3.63, 3.8) is 0 Å². The highest BCUT2D eigenvalue weighted by Crippen LogP contribution is 2.23. The van der Waals surface area contributed by atoms with E-state index in [9.17, 15) is 9.59 Å². The van der Waals surface area contributed by atoms with E-state index in [4.69, 9.17) is 5.11 Å². The SMILES string of the molecule is CC1CN(C(=O)NCc2cccc(Br)c2)CC1C(=O)O. The van der Waals surface area contributed by atoms with E-state index in [1.165, 1.54) is 0 Å². The molecule has 1 fully saturated rings. The zero-order chi connectivity index (χ0) is 14.7. The Bertz CT molecular complexity index is 521. The summed E-state index contributed by atoms with van der Waals surface area (Å²) in [5, 5.41) is 11.9. The Morgan fingerprint density at radius 3 is 2.80 bits per heavy atom. The van der Waals surface area contributed by atoms with Crippen LogP contribution < -0.4 is 5.32 Å². The number of hydrogen-bond donors (Lipinski definition) is 2. The molecule has 1 aromatic rings. The van der Waals surface area contributed by atoms with Crippen molar-refractivity contribution in [2.75, 3.05) is 13.1 Å². The number of likely N-dealkylation sites (tertiary alicyclic amines) is 1. The largest absolute Gasteiger partial charge is 0.481 e. The minimum Gasteiger partial charge on any atom is -0.481 e. The van der Waals surface area contributed by atoms with Crippen molar-refractivity contribution in [2.45, 2.75) is 13.5 Å². The number of carbonyl (C=O) groups is 2. The number of nitrogens with one attached hydrogen (secondary N) is 1. The van der Waals surface area contributed by atoms with E-state index in [0.717, 1.165) is 10.0 Å². The normalized spacial score (nSPS) is 21.8. The summed E-state index contributed by atoms with van der Waals surface area (Å²) < 4.78 is 0.963. The summed E-state index contributed by atoms with van der Waals surface area (Å²) in [4.78, 5) is 24.6. The van der Waals surface area contributed by atoms with Gasteiger partial charge in [-0.2, -0.15) is 0 Å². The molecular formula is C14H17BrN2O3. The van der Waals surface area contributed by atoms with Gasteiger partial charge in [-0.3, -0.25) is 4.79 Å². The highest BCUT2D eigenvalue weighted by Gasteiger charge is 2.36. The van der Waals surface area contributed by atoms with Crippen LogP contribution in [0.1, 0.15) is 12.5 Å². The Balaban J connectivity index is 1.88. The van der Waals surface area contributed by atoms with E-state index < -0.39 is 11.9 Å². The van der Waals surface area contributed by atoms with Gasteiger partial charge in [-0.15, -0.1) is 0 Å². The lowest BCUT2D eigenvalue weighted by molar-refractivity contribution is -0.142. The molecule has 2 unspecified atom stereocenters. The number of rotatable bonds is 3. The van der Waals surface area contributed by atoms with Crippen LogP contribution in [-0.2, 0) is 11.3 Å². The quantitative estimate of drug-likeness (QED) is 0.886. The number of carboxylic acids is 1. The highest BCUT2D eigenvalue weighted by atomic mass is 79.9. The van der Waals surface area contributed by atoms with Crippen molar-refractivity contribution in [2.24, 2.45) is 11.8 Å². The lowest BCUT2D eigenvalue weighted by atomic mass is 9.99. The number of carbonyl (C=O) groups excluding carboxylic acids is 1. The van der Waals surface area contributed by atoms with Crippen LogP contribution in [0.15, 0.2) is 28.7 Å². The van der Waals surface area contributed by atoms with Gasteiger partial charge in [0.05, 0.1) is 5.92 Å². The molecule has 5 nitrogen and oxygen atoms in total. The summed E-state index contributed by atoms with van der Waals surface area (Å²) >= 11 is 3.38. The van der Waals surface area contributed by atoms with Crippen LogP contribution in [0, 0.1) is 11.8 Å². The average molecular weight is 341 g/mol. The topological polar surface area (TPSA) is 69.6 Å². The van der Waals surface area contributed by atoms with Crippen molar-refractivity contribution >= 4 is 27.9 Å². The number of aliphatic carboxylic acids is 1. The van der Waals surface area contributed by atoms with Crippen LogP contribution in [0.3, 0.4) is 0 Å². The first-order chi connectivity index (χ1) is 9.47. The Hall–Kier alpha value is -1.56. The maximum Gasteiger partial charge on any atom is 0.317 e. The van der Waals surface area contributed by atoms with Gasteiger partial charge in [0.2, 0.25) is 0 Å². The van der Waals surface area contributed by atoms with E-state index in [1.54, 1.807) is 4.90 Å². The van der Waals surface area contributed by atoms with Gasteiger partial charge in [-0.1, -0.05) is 35.0 Å². The van der Waals surface area contributed by atoms with E-state index >= 15 is 0 Å². The monoisotopic (exact) mass is 340 g/mol. The van der Waals surface area contributed by atoms with Crippen molar-refractivity contribution in [1.29, 1.82) is 0 Å². The molecule has 20 heavy (non-hydrogen) atoms. The summed E-state index contributed by atoms with van der Waals surface area (Å²) in [6, 6.07) is 7.49. The highest BCUT2D eigenvalue weighted by molar-refractivity contribution is 9.10. The van der Waals surface area contributed by atoms with E-state index in [1.807, 2.05) is 31.2 Å². The van der Waals surface area contributed by atoms with Gasteiger partial charge in [-0.25, -0.2) is 4.79 Å². The molecule has 2 amide bonds. The lowest BCUT2D eigenvalue weighted by Crippen LogP contribution is -2.38. The third kappa shape index (κ3) is 3.50. The summed E-state index contributed by atoms with van der Waals surface area (Å²) in [6.45, 7) is 3.06. The molecule has 6 heteroatoms. The number of hydrogen-bond acceptors (Lipinski definition) is 2. The maximum absolute atomic E-state index is 12.0. The number of nitrogens with zero attached hydrogens (tertiary/aromatic N) is 1. The second-order valence-corrected chi connectivity index (χ2v) is 6.03. The molecule has 2 N–H and O–H groups in total. The van der Waals surface area contributed by atoms with Crippen molar-refractivity contribution < 1.29 is 14.7 Å². The summed E-state index contributed by atoms with van der Waals surface area (Å²) in [5.74, 6) is -1.31. The zero-order valence-electron chi connectivity index (χ0n) is 11.2. The molecule has 2 atom stereocenters. The fraction of sp³-hybridized carbons (Fsp3) is 0.429. The zero-order valence-corrected chi connectivity index (χ0v) is 12.8. The fourth-order valence-corrected chi connectivity index (χ4v) is 2.84. The first-order valence-electron chi connectivity index (χ1n) is 6.47. The summed E-state index contributed by atoms with van der Waals surface area (Å²) in [7, 11) is 0. The first-order valence-corrected chi connectivity index (χ1v) is 7.26. The molecule has 1 aliphatic rings. The molecule has 0 aromatic heterocycles. The molecule has 1 aromatic carbocycles. The Labute approximate surface area is 126 Å². The van der Waals surface area contributed by atoms with Gasteiger partial charge in [-0.05, 0) is 23.6 Å². The molecule has 0 bridgehead atoms. The first kappa shape index (κ1) is 14.8. The molecule has 0 saturated carbocycles. The predicted octanol–water partition coefficient (Wildman–Crippen LogP) is 2.31. The molecule has 2 rings (SSSR count). The van der Waals surface area contributed by atoms with Gasteiger partial charge < -0.3 is 15.3 Å². The minimum atomic E-state index is -0.834. The molecule has 1 aliphatic heterocycles. The average Bonchev–Trinajstić information content (AvgIpc) is 2.78. The molecule has 108 valence electrons. The molecule has 0 aliphatic carbocycles. The van der Waals surface area contributed by atoms with Crippen molar-refractivity contribution in [3.8, 4) is 0 Å². The third-order valence-electron chi connectivity index (χ3n) is 3.55. The minimum absolute atomic E-state index is 0.0101. The van der Waals surface area contributed by atoms with E-state index in [0.29, 0.717) is 13.1 Å². The molecule has 1 saturated heterocycles. The number of carboxylic acid groups (broad SMARTS) is 1. The number of halogens is 1. The Kier molecular flexibility index (Phi) is 4.65. The molecule has 0 spiro atoms. The number of benzene rings is 1. The Morgan fingerprint density at radius 2 is 2.20 bits per heavy atom. The Morgan fingerprint density at radius 1 is 1.45 bits per heavy atom. The molecule has 1 heterocycles. The van der Waals surface area contributed by atoms with Crippen LogP contribution in [-0.4, -0.2) is 35.1 Å². The summed E-state index contributed by atoms with van der Waals surface area (Å²) in [5.41, 5.74) is 0.995. The van der Waals surface area contributed by atoms with E-state index in [-0.39, 0.29) is 18.5 Å². The fourth-order valence-electron chi connectivity index (χ4n) is 2.39. The van der Waals surface area contributed by atoms with Crippen molar-refractivity contribution in [1.82, 2.24) is 10.2 Å². The smallest absolute Gasteiger partial charge is 0.317 e. The summed E-state index contributed by atoms with van der Waals surface area (Å²) in [6.07, 6.45) is 0. The van der Waals surface area contributed by atoms with Crippen LogP contribution in [0.25, 0.3) is 0 Å². The van der Waals surface area contributed by atoms with Crippen molar-refractivity contribution in [3.05, 3.63) is 34.3 Å². The lowest BCUT2D eigenvalue weighted by Gasteiger charge is -2.17. The standard InChI is InChI=1S/C14H17BrN2O3/c1-9-7-17(8-12(9)13(18)19)14(20)16-6-10-3-2-4-11(15)5-10/h2-5,9,12H,6-8H2,1H3,(H,16,20)(H,18,19). The number of urea groups is 1. The van der Waals surface area contributed by atoms with Gasteiger partial charge in [0.15, 0.2) is 0 Å². The van der Waals surface area contributed by atoms with Crippen LogP contribution in [0.5, 0.6) is 0 Å². The van der Waals surface area contributed by atoms with E-state index in [2.05, 4.69) is 21.2 Å². The second kappa shape index (κ2) is 6.26. The maximum atomic E-state index is 12.0. The number of amides is 2.